The van der Waals surface area contributed by atoms with Gasteiger partial charge in [0.2, 0.25) is 0 Å². The van der Waals surface area contributed by atoms with Crippen LogP contribution in [-0.2, 0) is 18.9 Å². The molecule has 0 saturated carbocycles. The highest BCUT2D eigenvalue weighted by Crippen LogP contribution is 2.29. The Labute approximate surface area is 155 Å². The number of nitrogens with two attached hydrogens (primary N) is 1. The van der Waals surface area contributed by atoms with Crippen molar-refractivity contribution in [2.24, 2.45) is 5.73 Å². The van der Waals surface area contributed by atoms with Crippen molar-refractivity contribution < 1.29 is 54.7 Å². The maximum atomic E-state index is 10.4. The van der Waals surface area contributed by atoms with Gasteiger partial charge in [-0.2, -0.15) is 0 Å². The standard InChI is InChI=1S/C15H29NO11/c16-2-1-3-24-14-12(23)10(21)13(7(5-18)26-14)27-15-11(22)9(20)8(19)6(4-17)25-15/h6-15,17-23H,1-5,16H2/t6?,7?,8-,9?,10?,11-,12-,13+,14+,15-/m0/s1. The van der Waals surface area contributed by atoms with Gasteiger partial charge in [0.05, 0.1) is 19.8 Å². The third kappa shape index (κ3) is 5.12. The van der Waals surface area contributed by atoms with Gasteiger partial charge in [-0.15, -0.1) is 0 Å². The van der Waals surface area contributed by atoms with E-state index in [0.717, 1.165) is 0 Å². The first kappa shape index (κ1) is 22.8. The zero-order valence-electron chi connectivity index (χ0n) is 14.6. The van der Waals surface area contributed by atoms with Gasteiger partial charge in [-0.3, -0.25) is 0 Å². The van der Waals surface area contributed by atoms with Crippen LogP contribution in [0.3, 0.4) is 0 Å². The first-order valence-electron chi connectivity index (χ1n) is 8.75. The van der Waals surface area contributed by atoms with Crippen molar-refractivity contribution in [2.75, 3.05) is 26.4 Å². The van der Waals surface area contributed by atoms with E-state index in [0.29, 0.717) is 13.0 Å². The van der Waals surface area contributed by atoms with Crippen LogP contribution in [-0.4, -0.2) is 124 Å². The van der Waals surface area contributed by atoms with Gasteiger partial charge in [-0.1, -0.05) is 0 Å². The van der Waals surface area contributed by atoms with Crippen LogP contribution in [0.1, 0.15) is 6.42 Å². The lowest BCUT2D eigenvalue weighted by molar-refractivity contribution is -0.359. The molecule has 0 aromatic heterocycles. The molecule has 2 aliphatic rings. The summed E-state index contributed by atoms with van der Waals surface area (Å²) in [5, 5.41) is 68.9. The lowest BCUT2D eigenvalue weighted by Crippen LogP contribution is -2.64. The highest BCUT2D eigenvalue weighted by Gasteiger charge is 2.50. The molecule has 0 bridgehead atoms. The average Bonchev–Trinajstić information content (AvgIpc) is 2.67. The monoisotopic (exact) mass is 399 g/mol. The Kier molecular flexibility index (Phi) is 8.73. The molecule has 2 fully saturated rings. The summed E-state index contributed by atoms with van der Waals surface area (Å²) < 4.78 is 21.3. The summed E-state index contributed by atoms with van der Waals surface area (Å²) in [5.41, 5.74) is 5.36. The van der Waals surface area contributed by atoms with Crippen LogP contribution in [0.25, 0.3) is 0 Å². The minimum absolute atomic E-state index is 0.168. The lowest BCUT2D eigenvalue weighted by atomic mass is 9.97. The molecule has 2 heterocycles. The summed E-state index contributed by atoms with van der Waals surface area (Å²) in [4.78, 5) is 0. The van der Waals surface area contributed by atoms with Crippen LogP contribution >= 0.6 is 0 Å². The molecule has 27 heavy (non-hydrogen) atoms. The van der Waals surface area contributed by atoms with E-state index in [2.05, 4.69) is 0 Å². The van der Waals surface area contributed by atoms with Crippen LogP contribution in [0.2, 0.25) is 0 Å². The van der Waals surface area contributed by atoms with Crippen molar-refractivity contribution in [3.63, 3.8) is 0 Å². The molecule has 0 aliphatic carbocycles. The van der Waals surface area contributed by atoms with E-state index in [-0.39, 0.29) is 6.61 Å². The Bertz CT molecular complexity index is 440. The molecule has 160 valence electrons. The summed E-state index contributed by atoms with van der Waals surface area (Å²) in [6.45, 7) is -0.737. The quantitative estimate of drug-likeness (QED) is 0.181. The molecule has 9 N–H and O–H groups in total. The van der Waals surface area contributed by atoms with Gasteiger partial charge in [-0.25, -0.2) is 0 Å². The molecule has 2 rings (SSSR count). The highest BCUT2D eigenvalue weighted by atomic mass is 16.7. The molecule has 0 aromatic carbocycles. The Morgan fingerprint density at radius 2 is 1.33 bits per heavy atom. The van der Waals surface area contributed by atoms with Crippen molar-refractivity contribution in [1.82, 2.24) is 0 Å². The van der Waals surface area contributed by atoms with Crippen molar-refractivity contribution in [1.29, 1.82) is 0 Å². The fourth-order valence-corrected chi connectivity index (χ4v) is 2.98. The summed E-state index contributed by atoms with van der Waals surface area (Å²) in [5.74, 6) is 0. The fraction of sp³-hybridized carbons (Fsp3) is 1.00. The number of hydrogen-bond acceptors (Lipinski definition) is 12. The predicted molar refractivity (Wildman–Crippen MR) is 86.0 cm³/mol. The number of hydrogen-bond donors (Lipinski definition) is 8. The van der Waals surface area contributed by atoms with Crippen LogP contribution < -0.4 is 5.73 Å². The Morgan fingerprint density at radius 1 is 0.741 bits per heavy atom. The smallest absolute Gasteiger partial charge is 0.187 e. The Hall–Kier alpha value is -0.480. The molecule has 4 unspecified atom stereocenters. The second kappa shape index (κ2) is 10.3. The molecule has 0 aromatic rings. The fourth-order valence-electron chi connectivity index (χ4n) is 2.98. The first-order chi connectivity index (χ1) is 12.8. The molecule has 0 radical (unpaired) electrons. The van der Waals surface area contributed by atoms with E-state index >= 15 is 0 Å². The minimum atomic E-state index is -1.70. The van der Waals surface area contributed by atoms with Gasteiger partial charge in [0.1, 0.15) is 48.8 Å². The number of aliphatic hydroxyl groups excluding tert-OH is 7. The molecule has 2 saturated heterocycles. The number of rotatable bonds is 8. The lowest BCUT2D eigenvalue weighted by Gasteiger charge is -2.45. The van der Waals surface area contributed by atoms with Crippen LogP contribution in [0.5, 0.6) is 0 Å². The van der Waals surface area contributed by atoms with Gasteiger partial charge in [-0.05, 0) is 13.0 Å². The van der Waals surface area contributed by atoms with Gasteiger partial charge in [0, 0.05) is 0 Å². The average molecular weight is 399 g/mol. The predicted octanol–water partition coefficient (Wildman–Crippen LogP) is -5.02. The zero-order chi connectivity index (χ0) is 20.1. The number of aliphatic hydroxyl groups is 7. The van der Waals surface area contributed by atoms with Crippen LogP contribution in [0.4, 0.5) is 0 Å². The zero-order valence-corrected chi connectivity index (χ0v) is 14.6. The maximum Gasteiger partial charge on any atom is 0.187 e. The highest BCUT2D eigenvalue weighted by molar-refractivity contribution is 4.94. The maximum absolute atomic E-state index is 10.4. The molecule has 12 heteroatoms. The molecular formula is C15H29NO11. The van der Waals surface area contributed by atoms with Gasteiger partial charge in [0.25, 0.3) is 0 Å². The third-order valence-corrected chi connectivity index (χ3v) is 4.59. The van der Waals surface area contributed by atoms with Crippen molar-refractivity contribution in [3.8, 4) is 0 Å². The molecule has 0 amide bonds. The van der Waals surface area contributed by atoms with Crippen molar-refractivity contribution >= 4 is 0 Å². The molecule has 10 atom stereocenters. The summed E-state index contributed by atoms with van der Waals surface area (Å²) in [6.07, 6.45) is -14.0. The largest absolute Gasteiger partial charge is 0.394 e. The first-order valence-corrected chi connectivity index (χ1v) is 8.75. The SMILES string of the molecule is NCCCO[C@@H]1OC(CO)[C@@H](O[C@@H]2OC(CO)[C@H](O)C(O)[C@@H]2O)C(O)[C@@H]1O. The van der Waals surface area contributed by atoms with E-state index in [1.807, 2.05) is 0 Å². The van der Waals surface area contributed by atoms with Crippen molar-refractivity contribution in [2.45, 2.75) is 67.8 Å². The van der Waals surface area contributed by atoms with Gasteiger partial charge < -0.3 is 60.4 Å². The van der Waals surface area contributed by atoms with E-state index < -0.39 is 74.6 Å². The second-order valence-corrected chi connectivity index (χ2v) is 6.52. The Morgan fingerprint density at radius 3 is 1.93 bits per heavy atom. The van der Waals surface area contributed by atoms with Crippen molar-refractivity contribution in [3.05, 3.63) is 0 Å². The third-order valence-electron chi connectivity index (χ3n) is 4.59. The topological polar surface area (TPSA) is 205 Å². The summed E-state index contributed by atoms with van der Waals surface area (Å²) in [7, 11) is 0. The van der Waals surface area contributed by atoms with E-state index in [1.54, 1.807) is 0 Å². The molecule has 2 aliphatic heterocycles. The molecular weight excluding hydrogens is 370 g/mol. The van der Waals surface area contributed by atoms with Gasteiger partial charge >= 0.3 is 0 Å². The summed E-state index contributed by atoms with van der Waals surface area (Å²) in [6, 6.07) is 0. The second-order valence-electron chi connectivity index (χ2n) is 6.52. The Balaban J connectivity index is 2.06. The summed E-state index contributed by atoms with van der Waals surface area (Å²) >= 11 is 0. The molecule has 0 spiro atoms. The van der Waals surface area contributed by atoms with E-state index in [1.165, 1.54) is 0 Å². The van der Waals surface area contributed by atoms with E-state index in [4.69, 9.17) is 24.7 Å². The van der Waals surface area contributed by atoms with Crippen LogP contribution in [0, 0.1) is 0 Å². The molecule has 12 nitrogen and oxygen atoms in total. The van der Waals surface area contributed by atoms with Crippen LogP contribution in [0.15, 0.2) is 0 Å². The van der Waals surface area contributed by atoms with Gasteiger partial charge in [0.15, 0.2) is 12.6 Å². The van der Waals surface area contributed by atoms with E-state index in [9.17, 15) is 35.7 Å². The minimum Gasteiger partial charge on any atom is -0.394 e. The normalized spacial score (nSPS) is 45.8. The number of ether oxygens (including phenoxy) is 4.